The molecule has 1 heteroatoms. The zero-order valence-corrected chi connectivity index (χ0v) is 11.6. The second-order valence-corrected chi connectivity index (χ2v) is 4.69. The highest BCUT2D eigenvalue weighted by Gasteiger charge is 2.05. The zero-order chi connectivity index (χ0) is 13.5. The molecule has 0 aromatic heterocycles. The van der Waals surface area contributed by atoms with E-state index in [2.05, 4.69) is 85.9 Å². The molecule has 2 aromatic rings. The van der Waals surface area contributed by atoms with Crippen molar-refractivity contribution in [3.8, 4) is 0 Å². The van der Waals surface area contributed by atoms with Crippen molar-refractivity contribution < 1.29 is 0 Å². The van der Waals surface area contributed by atoms with Gasteiger partial charge in [-0.15, -0.1) is 0 Å². The van der Waals surface area contributed by atoms with Crippen LogP contribution in [-0.4, -0.2) is 6.54 Å². The number of hydrogen-bond donors (Lipinski definition) is 1. The Labute approximate surface area is 116 Å². The minimum atomic E-state index is 0.361. The van der Waals surface area contributed by atoms with Crippen molar-refractivity contribution in [2.24, 2.45) is 0 Å². The maximum absolute atomic E-state index is 3.58. The third-order valence-electron chi connectivity index (χ3n) is 3.39. The molecule has 0 aliphatic rings. The van der Waals surface area contributed by atoms with Crippen LogP contribution in [0.3, 0.4) is 0 Å². The Morgan fingerprint density at radius 3 is 2.16 bits per heavy atom. The summed E-state index contributed by atoms with van der Waals surface area (Å²) >= 11 is 0. The van der Waals surface area contributed by atoms with Gasteiger partial charge in [0.2, 0.25) is 0 Å². The van der Waals surface area contributed by atoms with E-state index in [4.69, 9.17) is 0 Å². The normalized spacial score (nSPS) is 13.3. The molecule has 0 fully saturated rings. The highest BCUT2D eigenvalue weighted by Crippen LogP contribution is 2.16. The molecule has 98 valence electrons. The van der Waals surface area contributed by atoms with Gasteiger partial charge in [0.15, 0.2) is 0 Å². The van der Waals surface area contributed by atoms with Crippen molar-refractivity contribution in [1.29, 1.82) is 0 Å². The third kappa shape index (κ3) is 3.80. The average Bonchev–Trinajstić information content (AvgIpc) is 2.49. The van der Waals surface area contributed by atoms with E-state index in [1.807, 2.05) is 0 Å². The second kappa shape index (κ2) is 6.91. The summed E-state index contributed by atoms with van der Waals surface area (Å²) in [6.45, 7) is 5.18. The van der Waals surface area contributed by atoms with Gasteiger partial charge in [0.25, 0.3) is 0 Å². The molecule has 1 nitrogen and oxygen atoms in total. The van der Waals surface area contributed by atoms with Gasteiger partial charge >= 0.3 is 0 Å². The Hall–Kier alpha value is -1.86. The van der Waals surface area contributed by atoms with Gasteiger partial charge in [0, 0.05) is 12.6 Å². The molecule has 2 rings (SSSR count). The Morgan fingerprint density at radius 2 is 1.58 bits per heavy atom. The lowest BCUT2D eigenvalue weighted by Gasteiger charge is -2.16. The molecular weight excluding hydrogens is 230 g/mol. The summed E-state index contributed by atoms with van der Waals surface area (Å²) in [5, 5.41) is 3.58. The maximum atomic E-state index is 3.58. The Bertz CT molecular complexity index is 514. The molecule has 19 heavy (non-hydrogen) atoms. The first-order chi connectivity index (χ1) is 9.31. The summed E-state index contributed by atoms with van der Waals surface area (Å²) in [5.74, 6) is 0. The van der Waals surface area contributed by atoms with Crippen molar-refractivity contribution in [1.82, 2.24) is 5.32 Å². The first-order valence-electron chi connectivity index (χ1n) is 6.80. The van der Waals surface area contributed by atoms with Crippen LogP contribution in [0.5, 0.6) is 0 Å². The number of allylic oxidation sites excluding steroid dienone is 1. The molecule has 0 spiro atoms. The van der Waals surface area contributed by atoms with Gasteiger partial charge in [0.05, 0.1) is 0 Å². The largest absolute Gasteiger partial charge is 0.306 e. The molecule has 1 N–H and O–H groups in total. The van der Waals surface area contributed by atoms with Gasteiger partial charge < -0.3 is 5.32 Å². The van der Waals surface area contributed by atoms with Crippen molar-refractivity contribution >= 4 is 5.57 Å². The molecular formula is C18H21N. The van der Waals surface area contributed by atoms with Crippen LogP contribution < -0.4 is 5.32 Å². The predicted molar refractivity (Wildman–Crippen MR) is 83.0 cm³/mol. The van der Waals surface area contributed by atoms with E-state index < -0.39 is 0 Å². The smallest absolute Gasteiger partial charge is 0.0294 e. The zero-order valence-electron chi connectivity index (χ0n) is 11.6. The molecule has 0 unspecified atom stereocenters. The molecule has 0 amide bonds. The van der Waals surface area contributed by atoms with Crippen molar-refractivity contribution in [3.05, 3.63) is 77.9 Å². The second-order valence-electron chi connectivity index (χ2n) is 4.69. The van der Waals surface area contributed by atoms with Crippen LogP contribution in [0.1, 0.15) is 31.0 Å². The molecule has 0 aliphatic heterocycles. The van der Waals surface area contributed by atoms with Gasteiger partial charge in [-0.3, -0.25) is 0 Å². The standard InChI is InChI=1S/C18H21N/c1-3-16(18-12-8-5-9-13-18)14-19-15(2)17-10-6-4-7-11-17/h3-13,15,19H,14H2,1-2H3/t15-/m1/s1. The molecule has 0 saturated carbocycles. The van der Waals surface area contributed by atoms with E-state index in [1.165, 1.54) is 16.7 Å². The SMILES string of the molecule is CC=C(CN[C@H](C)c1ccccc1)c1ccccc1. The number of benzene rings is 2. The van der Waals surface area contributed by atoms with Gasteiger partial charge in [-0.2, -0.15) is 0 Å². The van der Waals surface area contributed by atoms with Gasteiger partial charge in [-0.1, -0.05) is 66.7 Å². The summed E-state index contributed by atoms with van der Waals surface area (Å²) in [5.41, 5.74) is 3.95. The van der Waals surface area contributed by atoms with E-state index in [9.17, 15) is 0 Å². The van der Waals surface area contributed by atoms with E-state index in [0.717, 1.165) is 6.54 Å². The quantitative estimate of drug-likeness (QED) is 0.828. The Kier molecular flexibility index (Phi) is 4.93. The van der Waals surface area contributed by atoms with E-state index in [-0.39, 0.29) is 0 Å². The number of nitrogens with one attached hydrogen (secondary N) is 1. The van der Waals surface area contributed by atoms with E-state index in [0.29, 0.717) is 6.04 Å². The number of hydrogen-bond acceptors (Lipinski definition) is 1. The molecule has 1 atom stereocenters. The molecule has 0 saturated heterocycles. The predicted octanol–water partition coefficient (Wildman–Crippen LogP) is 4.44. The first-order valence-corrected chi connectivity index (χ1v) is 6.80. The van der Waals surface area contributed by atoms with Crippen LogP contribution in [-0.2, 0) is 0 Å². The molecule has 2 aromatic carbocycles. The average molecular weight is 251 g/mol. The maximum Gasteiger partial charge on any atom is 0.0294 e. The van der Waals surface area contributed by atoms with E-state index in [1.54, 1.807) is 0 Å². The fraction of sp³-hybridized carbons (Fsp3) is 0.222. The summed E-state index contributed by atoms with van der Waals surface area (Å²) in [7, 11) is 0. The van der Waals surface area contributed by atoms with Crippen molar-refractivity contribution in [3.63, 3.8) is 0 Å². The van der Waals surface area contributed by atoms with Gasteiger partial charge in [-0.05, 0) is 30.5 Å². The topological polar surface area (TPSA) is 12.0 Å². The minimum Gasteiger partial charge on any atom is -0.306 e. The third-order valence-corrected chi connectivity index (χ3v) is 3.39. The van der Waals surface area contributed by atoms with Crippen LogP contribution >= 0.6 is 0 Å². The number of rotatable bonds is 5. The van der Waals surface area contributed by atoms with Gasteiger partial charge in [-0.25, -0.2) is 0 Å². The fourth-order valence-corrected chi connectivity index (χ4v) is 2.15. The van der Waals surface area contributed by atoms with Crippen LogP contribution in [0.15, 0.2) is 66.7 Å². The molecule has 0 aliphatic carbocycles. The summed E-state index contributed by atoms with van der Waals surface area (Å²) in [6.07, 6.45) is 2.18. The van der Waals surface area contributed by atoms with Gasteiger partial charge in [0.1, 0.15) is 0 Å². The van der Waals surface area contributed by atoms with Crippen LogP contribution in [0.4, 0.5) is 0 Å². The molecule has 0 radical (unpaired) electrons. The first kappa shape index (κ1) is 13.6. The van der Waals surface area contributed by atoms with Crippen molar-refractivity contribution in [2.45, 2.75) is 19.9 Å². The Morgan fingerprint density at radius 1 is 1.00 bits per heavy atom. The van der Waals surface area contributed by atoms with Crippen LogP contribution in [0.25, 0.3) is 5.57 Å². The molecule has 0 bridgehead atoms. The Balaban J connectivity index is 1.98. The van der Waals surface area contributed by atoms with Crippen LogP contribution in [0, 0.1) is 0 Å². The van der Waals surface area contributed by atoms with Crippen LogP contribution in [0.2, 0.25) is 0 Å². The summed E-state index contributed by atoms with van der Waals surface area (Å²) < 4.78 is 0. The lowest BCUT2D eigenvalue weighted by atomic mass is 10.0. The molecule has 0 heterocycles. The summed E-state index contributed by atoms with van der Waals surface area (Å²) in [6, 6.07) is 21.4. The lowest BCUT2D eigenvalue weighted by Crippen LogP contribution is -2.20. The summed E-state index contributed by atoms with van der Waals surface area (Å²) in [4.78, 5) is 0. The monoisotopic (exact) mass is 251 g/mol. The van der Waals surface area contributed by atoms with Crippen molar-refractivity contribution in [2.75, 3.05) is 6.54 Å². The van der Waals surface area contributed by atoms with E-state index >= 15 is 0 Å². The minimum absolute atomic E-state index is 0.361. The lowest BCUT2D eigenvalue weighted by molar-refractivity contribution is 0.622. The fourth-order valence-electron chi connectivity index (χ4n) is 2.15. The highest BCUT2D eigenvalue weighted by atomic mass is 14.9. The highest BCUT2D eigenvalue weighted by molar-refractivity contribution is 5.66.